The quantitative estimate of drug-likeness (QED) is 0.246. The molecule has 38 heavy (non-hydrogen) atoms. The van der Waals surface area contributed by atoms with Crippen LogP contribution >= 0.6 is 11.6 Å². The molecular weight excluding hydrogens is 506 g/mol. The summed E-state index contributed by atoms with van der Waals surface area (Å²) >= 11 is 6.67. The molecule has 0 bridgehead atoms. The Bertz CT molecular complexity index is 1740. The summed E-state index contributed by atoms with van der Waals surface area (Å²) in [6, 6.07) is 14.4. The second-order valence-corrected chi connectivity index (χ2v) is 10.6. The number of halogens is 1. The number of fused-ring (bicyclic) bond motifs is 2. The van der Waals surface area contributed by atoms with Crippen molar-refractivity contribution in [2.24, 2.45) is 0 Å². The summed E-state index contributed by atoms with van der Waals surface area (Å²) in [5.41, 5.74) is 4.65. The highest BCUT2D eigenvalue weighted by molar-refractivity contribution is 6.34. The molecule has 0 aliphatic rings. The van der Waals surface area contributed by atoms with Gasteiger partial charge in [0, 0.05) is 17.1 Å². The number of carboxylic acids is 1. The normalized spacial score (nSPS) is 11.7. The van der Waals surface area contributed by atoms with Crippen LogP contribution < -0.4 is 4.74 Å². The summed E-state index contributed by atoms with van der Waals surface area (Å²) in [6.45, 7) is 9.16. The lowest BCUT2D eigenvalue weighted by atomic mass is 10.0. The number of H-pyrrole nitrogens is 1. The third-order valence-corrected chi connectivity index (χ3v) is 6.42. The standard InChI is InChI=1S/C29H26ClN3O5/c1-15-6-8-18(11-20(15)26(34)35)37-27-31-23-12-21(22(30)13-24(23)32-27)17-7-9-19-16(2)14-33(25(19)10-17)28(36)38-29(3,4)5/h6-14H,1-5H3,(H,31,32)(H,34,35). The number of carbonyl (C=O) groups is 2. The number of carboxylic acid groups (broad SMARTS) is 1. The topological polar surface area (TPSA) is 106 Å². The van der Waals surface area contributed by atoms with Gasteiger partial charge in [-0.3, -0.25) is 4.57 Å². The highest BCUT2D eigenvalue weighted by atomic mass is 35.5. The molecule has 0 radical (unpaired) electrons. The number of aromatic carboxylic acids is 1. The van der Waals surface area contributed by atoms with E-state index in [4.69, 9.17) is 21.1 Å². The van der Waals surface area contributed by atoms with Crippen LogP contribution in [0.15, 0.2) is 54.7 Å². The predicted molar refractivity (Wildman–Crippen MR) is 147 cm³/mol. The van der Waals surface area contributed by atoms with E-state index < -0.39 is 17.7 Å². The minimum absolute atomic E-state index is 0.158. The molecule has 0 aliphatic carbocycles. The number of ether oxygens (including phenoxy) is 2. The maximum atomic E-state index is 12.9. The molecule has 9 heteroatoms. The van der Waals surface area contributed by atoms with Crippen molar-refractivity contribution in [3.05, 3.63) is 76.4 Å². The van der Waals surface area contributed by atoms with Gasteiger partial charge in [-0.2, -0.15) is 4.98 Å². The third kappa shape index (κ3) is 4.82. The molecule has 0 unspecified atom stereocenters. The molecule has 2 N–H and O–H groups in total. The Morgan fingerprint density at radius 2 is 1.79 bits per heavy atom. The number of hydrogen-bond acceptors (Lipinski definition) is 5. The SMILES string of the molecule is Cc1ccc(Oc2nc3cc(-c4ccc5c(C)cn(C(=O)OC(C)(C)C)c5c4)c(Cl)cc3[nH]2)cc1C(=O)O. The van der Waals surface area contributed by atoms with Crippen molar-refractivity contribution in [1.29, 1.82) is 0 Å². The van der Waals surface area contributed by atoms with Gasteiger partial charge in [0.25, 0.3) is 6.01 Å². The van der Waals surface area contributed by atoms with E-state index in [1.165, 1.54) is 10.6 Å². The number of nitrogens with zero attached hydrogens (tertiary/aromatic N) is 2. The van der Waals surface area contributed by atoms with Gasteiger partial charge in [-0.25, -0.2) is 9.59 Å². The summed E-state index contributed by atoms with van der Waals surface area (Å²) < 4.78 is 12.9. The zero-order valence-electron chi connectivity index (χ0n) is 21.5. The largest absolute Gasteiger partial charge is 0.478 e. The number of rotatable bonds is 4. The zero-order chi connectivity index (χ0) is 27.4. The van der Waals surface area contributed by atoms with Crippen molar-refractivity contribution >= 4 is 45.6 Å². The smallest absolute Gasteiger partial charge is 0.419 e. The summed E-state index contributed by atoms with van der Waals surface area (Å²) in [5, 5.41) is 10.8. The number of hydrogen-bond donors (Lipinski definition) is 2. The molecule has 0 saturated heterocycles. The highest BCUT2D eigenvalue weighted by Gasteiger charge is 2.21. The van der Waals surface area contributed by atoms with Gasteiger partial charge in [-0.15, -0.1) is 0 Å². The molecule has 0 atom stereocenters. The molecule has 0 amide bonds. The Morgan fingerprint density at radius 1 is 1.03 bits per heavy atom. The molecule has 5 rings (SSSR count). The van der Waals surface area contributed by atoms with Gasteiger partial charge in [0.05, 0.1) is 27.1 Å². The van der Waals surface area contributed by atoms with Gasteiger partial charge in [-0.05, 0) is 81.6 Å². The van der Waals surface area contributed by atoms with Gasteiger partial charge in [-0.1, -0.05) is 29.8 Å². The highest BCUT2D eigenvalue weighted by Crippen LogP contribution is 2.35. The molecule has 8 nitrogen and oxygen atoms in total. The number of aryl methyl sites for hydroxylation is 2. The summed E-state index contributed by atoms with van der Waals surface area (Å²) in [4.78, 5) is 31.9. The average Bonchev–Trinajstić information content (AvgIpc) is 3.37. The van der Waals surface area contributed by atoms with E-state index in [0.717, 1.165) is 22.1 Å². The van der Waals surface area contributed by atoms with Crippen LogP contribution in [0.5, 0.6) is 11.8 Å². The number of nitrogens with one attached hydrogen (secondary N) is 1. The van der Waals surface area contributed by atoms with Crippen LogP contribution in [0.3, 0.4) is 0 Å². The molecule has 2 heterocycles. The first-order valence-electron chi connectivity index (χ1n) is 12.0. The molecule has 3 aromatic carbocycles. The summed E-state index contributed by atoms with van der Waals surface area (Å²) in [7, 11) is 0. The van der Waals surface area contributed by atoms with E-state index in [1.54, 1.807) is 31.3 Å². The number of aromatic amines is 1. The van der Waals surface area contributed by atoms with Gasteiger partial charge in [0.2, 0.25) is 0 Å². The molecule has 0 fully saturated rings. The molecular formula is C29H26ClN3O5. The van der Waals surface area contributed by atoms with E-state index in [0.29, 0.717) is 32.9 Å². The van der Waals surface area contributed by atoms with Gasteiger partial charge < -0.3 is 19.6 Å². The van der Waals surface area contributed by atoms with Crippen molar-refractivity contribution in [2.45, 2.75) is 40.2 Å². The van der Waals surface area contributed by atoms with Crippen LogP contribution in [0.2, 0.25) is 5.02 Å². The van der Waals surface area contributed by atoms with E-state index in [1.807, 2.05) is 52.0 Å². The van der Waals surface area contributed by atoms with Crippen molar-refractivity contribution in [3.63, 3.8) is 0 Å². The van der Waals surface area contributed by atoms with Crippen molar-refractivity contribution in [3.8, 4) is 22.9 Å². The Kier molecular flexibility index (Phi) is 6.15. The van der Waals surface area contributed by atoms with Gasteiger partial charge >= 0.3 is 12.1 Å². The van der Waals surface area contributed by atoms with Crippen LogP contribution in [0, 0.1) is 13.8 Å². The second-order valence-electron chi connectivity index (χ2n) is 10.2. The first-order valence-corrected chi connectivity index (χ1v) is 12.3. The molecule has 5 aromatic rings. The molecule has 0 saturated carbocycles. The summed E-state index contributed by atoms with van der Waals surface area (Å²) in [6.07, 6.45) is 1.32. The molecule has 0 aliphatic heterocycles. The van der Waals surface area contributed by atoms with Crippen molar-refractivity contribution in [2.75, 3.05) is 0 Å². The number of benzene rings is 3. The monoisotopic (exact) mass is 531 g/mol. The lowest BCUT2D eigenvalue weighted by molar-refractivity contribution is 0.0543. The van der Waals surface area contributed by atoms with Crippen LogP contribution in [0.1, 0.15) is 42.3 Å². The Morgan fingerprint density at radius 3 is 2.50 bits per heavy atom. The Balaban J connectivity index is 1.52. The fourth-order valence-corrected chi connectivity index (χ4v) is 4.58. The van der Waals surface area contributed by atoms with Crippen molar-refractivity contribution in [1.82, 2.24) is 14.5 Å². The van der Waals surface area contributed by atoms with E-state index >= 15 is 0 Å². The Labute approximate surface area is 223 Å². The first-order chi connectivity index (χ1) is 17.9. The molecule has 0 spiro atoms. The van der Waals surface area contributed by atoms with Crippen LogP contribution in [-0.4, -0.2) is 37.3 Å². The average molecular weight is 532 g/mol. The first kappa shape index (κ1) is 25.4. The van der Waals surface area contributed by atoms with Crippen LogP contribution in [0.25, 0.3) is 33.1 Å². The van der Waals surface area contributed by atoms with Gasteiger partial charge in [0.15, 0.2) is 0 Å². The minimum Gasteiger partial charge on any atom is -0.478 e. The van der Waals surface area contributed by atoms with Gasteiger partial charge in [0.1, 0.15) is 11.4 Å². The van der Waals surface area contributed by atoms with Crippen LogP contribution in [-0.2, 0) is 4.74 Å². The lowest BCUT2D eigenvalue weighted by Crippen LogP contribution is -2.26. The van der Waals surface area contributed by atoms with E-state index in [2.05, 4.69) is 9.97 Å². The predicted octanol–water partition coefficient (Wildman–Crippen LogP) is 7.73. The minimum atomic E-state index is -1.03. The number of carbonyl (C=O) groups excluding carboxylic acids is 1. The van der Waals surface area contributed by atoms with E-state index in [9.17, 15) is 14.7 Å². The molecule has 2 aromatic heterocycles. The van der Waals surface area contributed by atoms with Crippen molar-refractivity contribution < 1.29 is 24.2 Å². The Hall–Kier alpha value is -4.30. The summed E-state index contributed by atoms with van der Waals surface area (Å²) in [5.74, 6) is -0.680. The number of aromatic nitrogens is 3. The maximum Gasteiger partial charge on any atom is 0.419 e. The fourth-order valence-electron chi connectivity index (χ4n) is 4.31. The molecule has 194 valence electrons. The fraction of sp³-hybridized carbons (Fsp3) is 0.207. The lowest BCUT2D eigenvalue weighted by Gasteiger charge is -2.19. The second kappa shape index (κ2) is 9.22. The maximum absolute atomic E-state index is 12.9. The zero-order valence-corrected chi connectivity index (χ0v) is 22.3. The van der Waals surface area contributed by atoms with Crippen LogP contribution in [0.4, 0.5) is 4.79 Å². The number of imidazole rings is 1. The third-order valence-electron chi connectivity index (χ3n) is 6.11. The van der Waals surface area contributed by atoms with E-state index in [-0.39, 0.29) is 11.6 Å².